The largest absolute Gasteiger partial charge is 0.257 e. The van der Waals surface area contributed by atoms with E-state index in [0.717, 1.165) is 17.0 Å². The van der Waals surface area contributed by atoms with Gasteiger partial charge in [0.1, 0.15) is 0 Å². The summed E-state index contributed by atoms with van der Waals surface area (Å²) in [5, 5.41) is 1.93. The van der Waals surface area contributed by atoms with Crippen LogP contribution in [-0.4, -0.2) is 4.98 Å². The van der Waals surface area contributed by atoms with Gasteiger partial charge in [-0.1, -0.05) is 32.2 Å². The van der Waals surface area contributed by atoms with E-state index in [2.05, 4.69) is 25.1 Å². The van der Waals surface area contributed by atoms with E-state index in [4.69, 9.17) is 0 Å². The minimum Gasteiger partial charge on any atom is -0.257 e. The molecule has 1 heteroatoms. The molecule has 0 aliphatic heterocycles. The summed E-state index contributed by atoms with van der Waals surface area (Å²) in [5.41, 5.74) is 1.27. The molecule has 0 aliphatic rings. The Bertz CT molecular complexity index is 376. The highest BCUT2D eigenvalue weighted by Gasteiger charge is 1.91. The van der Waals surface area contributed by atoms with Crippen LogP contribution < -0.4 is 10.6 Å². The zero-order chi connectivity index (χ0) is 8.97. The molecule has 0 atom stereocenters. The first kappa shape index (κ1) is 8.72. The summed E-state index contributed by atoms with van der Waals surface area (Å²) in [6.45, 7) is 9.64. The second-order valence-electron chi connectivity index (χ2n) is 2.59. The van der Waals surface area contributed by atoms with Gasteiger partial charge in [-0.3, -0.25) is 4.98 Å². The Balaban J connectivity index is 3.51. The topological polar surface area (TPSA) is 12.9 Å². The summed E-state index contributed by atoms with van der Waals surface area (Å²) in [6, 6.07) is 2.02. The third-order valence-electron chi connectivity index (χ3n) is 1.83. The lowest BCUT2D eigenvalue weighted by Gasteiger charge is -1.96. The van der Waals surface area contributed by atoms with Gasteiger partial charge in [-0.05, 0) is 18.1 Å². The second kappa shape index (κ2) is 3.86. The fraction of sp³-hybridized carbons (Fsp3) is 0.182. The normalized spacial score (nSPS) is 11.6. The maximum Gasteiger partial charge on any atom is 0.0632 e. The van der Waals surface area contributed by atoms with Gasteiger partial charge in [0.15, 0.2) is 0 Å². The van der Waals surface area contributed by atoms with Gasteiger partial charge in [-0.25, -0.2) is 0 Å². The van der Waals surface area contributed by atoms with Gasteiger partial charge in [-0.2, -0.15) is 0 Å². The Morgan fingerprint density at radius 3 is 2.92 bits per heavy atom. The van der Waals surface area contributed by atoms with E-state index in [1.54, 1.807) is 12.3 Å². The van der Waals surface area contributed by atoms with E-state index in [1.807, 2.05) is 12.1 Å². The quantitative estimate of drug-likeness (QED) is 0.628. The minimum atomic E-state index is 0.828. The van der Waals surface area contributed by atoms with Gasteiger partial charge >= 0.3 is 0 Å². The molecule has 0 radical (unpaired) electrons. The molecule has 0 saturated heterocycles. The summed E-state index contributed by atoms with van der Waals surface area (Å²) in [4.78, 5) is 4.12. The molecule has 12 heavy (non-hydrogen) atoms. The fourth-order valence-corrected chi connectivity index (χ4v) is 1.19. The Morgan fingerprint density at radius 1 is 1.58 bits per heavy atom. The molecular weight excluding hydrogens is 146 g/mol. The van der Waals surface area contributed by atoms with Gasteiger partial charge in [0.2, 0.25) is 0 Å². The first-order chi connectivity index (χ1) is 5.79. The van der Waals surface area contributed by atoms with Crippen molar-refractivity contribution in [3.05, 3.63) is 41.0 Å². The van der Waals surface area contributed by atoms with Crippen LogP contribution in [0.2, 0.25) is 0 Å². The van der Waals surface area contributed by atoms with Crippen molar-refractivity contribution in [1.82, 2.24) is 4.98 Å². The molecule has 1 nitrogen and oxygen atoms in total. The number of hydrogen-bond acceptors (Lipinski definition) is 1. The predicted molar refractivity (Wildman–Crippen MR) is 53.0 cm³/mol. The van der Waals surface area contributed by atoms with Gasteiger partial charge in [0.25, 0.3) is 0 Å². The molecule has 0 N–H and O–H groups in total. The van der Waals surface area contributed by atoms with Crippen molar-refractivity contribution in [3.63, 3.8) is 0 Å². The zero-order valence-corrected chi connectivity index (χ0v) is 7.38. The van der Waals surface area contributed by atoms with E-state index in [9.17, 15) is 0 Å². The molecular formula is C11H13N. The van der Waals surface area contributed by atoms with Crippen LogP contribution in [0.3, 0.4) is 0 Å². The van der Waals surface area contributed by atoms with Crippen LogP contribution in [-0.2, 0) is 6.42 Å². The minimum absolute atomic E-state index is 0.828. The summed E-state index contributed by atoms with van der Waals surface area (Å²) in [6.07, 6.45) is 6.52. The number of hydrogen-bond donors (Lipinski definition) is 0. The van der Waals surface area contributed by atoms with E-state index < -0.39 is 0 Å². The standard InChI is InChI=1S/C11H13N/c1-4-6-11-9(3)12-8-7-10(11)5-2/h4,6-8H,1,3,5H2,2H3/b11-6+. The predicted octanol–water partition coefficient (Wildman–Crippen LogP) is 1.02. The monoisotopic (exact) mass is 159 g/mol. The number of allylic oxidation sites excluding steroid dienone is 1. The van der Waals surface area contributed by atoms with Crippen LogP contribution in [0.1, 0.15) is 12.5 Å². The van der Waals surface area contributed by atoms with Crippen LogP contribution in [0.15, 0.2) is 24.9 Å². The van der Waals surface area contributed by atoms with Crippen molar-refractivity contribution in [1.29, 1.82) is 0 Å². The third kappa shape index (κ3) is 1.62. The Labute approximate surface area is 72.8 Å². The average molecular weight is 159 g/mol. The highest BCUT2D eigenvalue weighted by molar-refractivity contribution is 5.38. The van der Waals surface area contributed by atoms with Crippen molar-refractivity contribution in [2.24, 2.45) is 0 Å². The molecule has 1 heterocycles. The van der Waals surface area contributed by atoms with Crippen LogP contribution in [0.25, 0.3) is 12.7 Å². The Morgan fingerprint density at radius 2 is 2.33 bits per heavy atom. The third-order valence-corrected chi connectivity index (χ3v) is 1.83. The van der Waals surface area contributed by atoms with E-state index in [0.29, 0.717) is 0 Å². The number of aryl methyl sites for hydroxylation is 1. The summed E-state index contributed by atoms with van der Waals surface area (Å²) >= 11 is 0. The number of aromatic nitrogens is 1. The molecule has 62 valence electrons. The molecule has 0 bridgehead atoms. The summed E-state index contributed by atoms with van der Waals surface area (Å²) in [5.74, 6) is 0. The highest BCUT2D eigenvalue weighted by atomic mass is 14.6. The lowest BCUT2D eigenvalue weighted by atomic mass is 10.1. The van der Waals surface area contributed by atoms with Crippen molar-refractivity contribution < 1.29 is 0 Å². The molecule has 0 unspecified atom stereocenters. The van der Waals surface area contributed by atoms with Crippen LogP contribution in [0, 0.1) is 0 Å². The van der Waals surface area contributed by atoms with Crippen LogP contribution in [0.5, 0.6) is 0 Å². The highest BCUT2D eigenvalue weighted by Crippen LogP contribution is 1.87. The molecule has 0 spiro atoms. The molecule has 0 saturated carbocycles. The van der Waals surface area contributed by atoms with Crippen LogP contribution in [0.4, 0.5) is 0 Å². The smallest absolute Gasteiger partial charge is 0.0632 e. The molecule has 0 aromatic carbocycles. The van der Waals surface area contributed by atoms with Gasteiger partial charge in [0.05, 0.1) is 5.35 Å². The average Bonchev–Trinajstić information content (AvgIpc) is 2.09. The van der Waals surface area contributed by atoms with Gasteiger partial charge in [-0.15, -0.1) is 0 Å². The fourth-order valence-electron chi connectivity index (χ4n) is 1.19. The van der Waals surface area contributed by atoms with Crippen molar-refractivity contribution in [2.45, 2.75) is 13.3 Å². The Kier molecular flexibility index (Phi) is 2.81. The van der Waals surface area contributed by atoms with E-state index in [-0.39, 0.29) is 0 Å². The van der Waals surface area contributed by atoms with Crippen molar-refractivity contribution in [3.8, 4) is 0 Å². The lowest BCUT2D eigenvalue weighted by molar-refractivity contribution is 1.08. The maximum absolute atomic E-state index is 4.12. The first-order valence-corrected chi connectivity index (χ1v) is 4.05. The van der Waals surface area contributed by atoms with Crippen molar-refractivity contribution >= 4 is 12.7 Å². The number of nitrogens with zero attached hydrogens (tertiary/aromatic N) is 1. The summed E-state index contributed by atoms with van der Waals surface area (Å²) < 4.78 is 0. The molecule has 0 aliphatic carbocycles. The summed E-state index contributed by atoms with van der Waals surface area (Å²) in [7, 11) is 0. The Hall–Kier alpha value is -1.37. The van der Waals surface area contributed by atoms with Gasteiger partial charge in [0, 0.05) is 11.4 Å². The number of rotatable bonds is 2. The van der Waals surface area contributed by atoms with E-state index in [1.165, 1.54) is 5.56 Å². The number of pyridine rings is 1. The molecule has 1 aromatic rings. The second-order valence-corrected chi connectivity index (χ2v) is 2.59. The maximum atomic E-state index is 4.12. The zero-order valence-electron chi connectivity index (χ0n) is 7.38. The van der Waals surface area contributed by atoms with Crippen molar-refractivity contribution in [2.75, 3.05) is 0 Å². The molecule has 0 amide bonds. The first-order valence-electron chi connectivity index (χ1n) is 4.05. The molecule has 0 fully saturated rings. The molecule has 1 rings (SSSR count). The SMILES string of the molecule is C=C/C=c1/c(CC)ccnc1=C. The van der Waals surface area contributed by atoms with Crippen LogP contribution >= 0.6 is 0 Å². The lowest BCUT2D eigenvalue weighted by Crippen LogP contribution is -2.29. The van der Waals surface area contributed by atoms with Gasteiger partial charge < -0.3 is 0 Å². The molecule has 1 aromatic heterocycles. The van der Waals surface area contributed by atoms with E-state index >= 15 is 0 Å².